The quantitative estimate of drug-likeness (QED) is 0.281. The van der Waals surface area contributed by atoms with E-state index in [1.807, 2.05) is 18.2 Å². The van der Waals surface area contributed by atoms with Crippen molar-refractivity contribution in [3.8, 4) is 11.3 Å². The largest absolute Gasteiger partial charge is 0.516 e. The van der Waals surface area contributed by atoms with Gasteiger partial charge in [0.15, 0.2) is 0 Å². The summed E-state index contributed by atoms with van der Waals surface area (Å²) in [6.45, 7) is 1.45. The number of thiophene rings is 1. The molecule has 2 aliphatic rings. The smallest absolute Gasteiger partial charge is 0.384 e. The maximum atomic E-state index is 12.9. The third kappa shape index (κ3) is 4.57. The number of hydrogen-bond acceptors (Lipinski definition) is 6. The van der Waals surface area contributed by atoms with E-state index in [1.165, 1.54) is 4.72 Å². The Labute approximate surface area is 227 Å². The monoisotopic (exact) mass is 576 g/mol. The number of amides is 1. The van der Waals surface area contributed by atoms with Gasteiger partial charge in [-0.1, -0.05) is 19.3 Å². The summed E-state index contributed by atoms with van der Waals surface area (Å²) in [5.41, 5.74) is 0.260. The van der Waals surface area contributed by atoms with E-state index in [0.717, 1.165) is 106 Å². The zero-order valence-electron chi connectivity index (χ0n) is 21.0. The van der Waals surface area contributed by atoms with Gasteiger partial charge >= 0.3 is 15.5 Å². The van der Waals surface area contributed by atoms with E-state index in [2.05, 4.69) is 20.9 Å². The molecule has 7 nitrogen and oxygen atoms in total. The van der Waals surface area contributed by atoms with Gasteiger partial charge in [0.05, 0.1) is 32.0 Å². The van der Waals surface area contributed by atoms with E-state index in [-0.39, 0.29) is 10.8 Å². The van der Waals surface area contributed by atoms with E-state index in [1.54, 1.807) is 12.3 Å². The molecule has 0 saturated heterocycles. The van der Waals surface area contributed by atoms with E-state index in [0.29, 0.717) is 6.54 Å². The van der Waals surface area contributed by atoms with Gasteiger partial charge in [-0.3, -0.25) is 9.78 Å². The maximum Gasteiger partial charge on any atom is 0.516 e. The number of carbonyl (C=O) groups excluding carboxylic acids is 1. The first kappa shape index (κ1) is 26.1. The number of aryl methyl sites for hydroxylation is 1. The summed E-state index contributed by atoms with van der Waals surface area (Å²) >= 11 is 1.07. The van der Waals surface area contributed by atoms with E-state index in [9.17, 15) is 26.4 Å². The van der Waals surface area contributed by atoms with Gasteiger partial charge < -0.3 is 9.88 Å². The third-order valence-electron chi connectivity index (χ3n) is 7.69. The lowest BCUT2D eigenvalue weighted by Gasteiger charge is -2.24. The number of rotatable bonds is 3. The van der Waals surface area contributed by atoms with Crippen molar-refractivity contribution in [3.05, 3.63) is 47.0 Å². The van der Waals surface area contributed by atoms with Crippen LogP contribution in [0.2, 0.25) is 0 Å². The SMILES string of the molecule is O=C(NS(=O)(=O)C(F)(F)F)c1cc2c(s1)c(C1CCCCC1)c1n2CCCCNc2c-1ccc1ncccc21. The predicted octanol–water partition coefficient (Wildman–Crippen LogP) is 6.75. The number of anilines is 1. The summed E-state index contributed by atoms with van der Waals surface area (Å²) in [7, 11) is -5.80. The molecule has 1 aromatic carbocycles. The molecule has 12 heteroatoms. The summed E-state index contributed by atoms with van der Waals surface area (Å²) < 4.78 is 66.3. The summed E-state index contributed by atoms with van der Waals surface area (Å²) in [5, 5.41) is 4.65. The highest BCUT2D eigenvalue weighted by Crippen LogP contribution is 2.49. The van der Waals surface area contributed by atoms with Crippen LogP contribution in [0.25, 0.3) is 32.4 Å². The summed E-state index contributed by atoms with van der Waals surface area (Å²) in [6.07, 6.45) is 8.78. The number of fused-ring (bicyclic) bond motifs is 7. The highest BCUT2D eigenvalue weighted by molar-refractivity contribution is 7.90. The molecular formula is C27H27F3N4O3S2. The van der Waals surface area contributed by atoms with E-state index >= 15 is 0 Å². The number of alkyl halides is 3. The Bertz CT molecular complexity index is 1690. The zero-order chi connectivity index (χ0) is 27.4. The molecule has 39 heavy (non-hydrogen) atoms. The van der Waals surface area contributed by atoms with Crippen LogP contribution in [-0.4, -0.2) is 35.9 Å². The Hall–Kier alpha value is -3.12. The Balaban J connectivity index is 1.57. The first-order valence-electron chi connectivity index (χ1n) is 13.1. The number of aromatic nitrogens is 2. The van der Waals surface area contributed by atoms with Crippen molar-refractivity contribution in [2.24, 2.45) is 0 Å². The van der Waals surface area contributed by atoms with E-state index < -0.39 is 21.4 Å². The molecule has 0 unspecified atom stereocenters. The molecule has 0 radical (unpaired) electrons. The standard InChI is InChI=1S/C27H27F3N4O3S2/c28-27(29,30)39(36,37)33-26(35)21-15-20-25(38-21)22(16-7-2-1-3-8-16)24-18-10-11-19-17(9-6-13-31-19)23(18)32-12-4-5-14-34(20)24/h6,9-11,13,15-16,32H,1-5,7-8,12,14H2,(H,33,35). The van der Waals surface area contributed by atoms with Crippen LogP contribution in [-0.2, 0) is 16.6 Å². The van der Waals surface area contributed by atoms with Crippen molar-refractivity contribution in [1.29, 1.82) is 0 Å². The van der Waals surface area contributed by atoms with Crippen LogP contribution in [0.4, 0.5) is 18.9 Å². The summed E-state index contributed by atoms with van der Waals surface area (Å²) in [4.78, 5) is 17.2. The van der Waals surface area contributed by atoms with Crippen LogP contribution >= 0.6 is 11.3 Å². The number of sulfonamides is 1. The zero-order valence-corrected chi connectivity index (χ0v) is 22.6. The van der Waals surface area contributed by atoms with Crippen LogP contribution < -0.4 is 10.0 Å². The van der Waals surface area contributed by atoms with Gasteiger partial charge in [0.1, 0.15) is 0 Å². The van der Waals surface area contributed by atoms with Gasteiger partial charge in [-0.25, -0.2) is 4.72 Å². The first-order valence-corrected chi connectivity index (χ1v) is 15.4. The minimum Gasteiger partial charge on any atom is -0.384 e. The topological polar surface area (TPSA) is 93.1 Å². The normalized spacial score (nSPS) is 17.1. The maximum absolute atomic E-state index is 12.9. The molecule has 3 aromatic heterocycles. The van der Waals surface area contributed by atoms with Gasteiger partial charge in [0, 0.05) is 30.2 Å². The number of benzene rings is 1. The number of nitrogens with zero attached hydrogens (tertiary/aromatic N) is 2. The number of carbonyl (C=O) groups is 1. The van der Waals surface area contributed by atoms with Crippen molar-refractivity contribution in [2.45, 2.75) is 62.9 Å². The fourth-order valence-corrected chi connectivity index (χ4v) is 7.65. The molecular weight excluding hydrogens is 549 g/mol. The number of halogens is 3. The molecule has 2 N–H and O–H groups in total. The van der Waals surface area contributed by atoms with Crippen LogP contribution in [0.5, 0.6) is 0 Å². The molecule has 1 aliphatic heterocycles. The van der Waals surface area contributed by atoms with Crippen molar-refractivity contribution in [3.63, 3.8) is 0 Å². The molecule has 1 saturated carbocycles. The Morgan fingerprint density at radius 3 is 2.67 bits per heavy atom. The molecule has 1 aliphatic carbocycles. The van der Waals surface area contributed by atoms with Crippen molar-refractivity contribution in [1.82, 2.24) is 14.3 Å². The van der Waals surface area contributed by atoms with Crippen LogP contribution in [0.15, 0.2) is 36.5 Å². The number of pyridine rings is 1. The number of hydrogen-bond donors (Lipinski definition) is 2. The second kappa shape index (κ2) is 9.81. The Morgan fingerprint density at radius 2 is 1.90 bits per heavy atom. The predicted molar refractivity (Wildman–Crippen MR) is 147 cm³/mol. The Kier molecular flexibility index (Phi) is 6.57. The minimum atomic E-state index is -5.80. The summed E-state index contributed by atoms with van der Waals surface area (Å²) in [5.74, 6) is -1.04. The molecule has 0 bridgehead atoms. The Morgan fingerprint density at radius 1 is 1.10 bits per heavy atom. The van der Waals surface area contributed by atoms with Gasteiger partial charge in [0.2, 0.25) is 0 Å². The lowest BCUT2D eigenvalue weighted by Crippen LogP contribution is -2.39. The van der Waals surface area contributed by atoms with Crippen LogP contribution in [0.3, 0.4) is 0 Å². The molecule has 6 rings (SSSR count). The lowest BCUT2D eigenvalue weighted by atomic mass is 9.82. The van der Waals surface area contributed by atoms with Crippen LogP contribution in [0, 0.1) is 0 Å². The average Bonchev–Trinajstić information content (AvgIpc) is 3.47. The second-order valence-corrected chi connectivity index (χ2v) is 12.9. The molecule has 4 heterocycles. The average molecular weight is 577 g/mol. The van der Waals surface area contributed by atoms with Gasteiger partial charge in [-0.05, 0) is 67.5 Å². The fraction of sp³-hybridized carbons (Fsp3) is 0.407. The van der Waals surface area contributed by atoms with E-state index in [4.69, 9.17) is 0 Å². The minimum absolute atomic E-state index is 0.0545. The van der Waals surface area contributed by atoms with Gasteiger partial charge in [0.25, 0.3) is 5.91 Å². The van der Waals surface area contributed by atoms with Crippen LogP contribution in [0.1, 0.15) is 66.1 Å². The van der Waals surface area contributed by atoms with Gasteiger partial charge in [-0.2, -0.15) is 21.6 Å². The molecule has 206 valence electrons. The molecule has 0 atom stereocenters. The number of nitrogens with one attached hydrogen (secondary N) is 2. The molecule has 1 fully saturated rings. The highest BCUT2D eigenvalue weighted by Gasteiger charge is 2.47. The van der Waals surface area contributed by atoms with Crippen molar-refractivity contribution in [2.75, 3.05) is 11.9 Å². The fourth-order valence-electron chi connectivity index (χ4n) is 5.93. The lowest BCUT2D eigenvalue weighted by molar-refractivity contribution is -0.0446. The first-order chi connectivity index (χ1) is 18.7. The van der Waals surface area contributed by atoms with Crippen molar-refractivity contribution < 1.29 is 26.4 Å². The highest BCUT2D eigenvalue weighted by atomic mass is 32.2. The third-order valence-corrected chi connectivity index (χ3v) is 9.91. The van der Waals surface area contributed by atoms with Crippen molar-refractivity contribution >= 4 is 54.1 Å². The molecule has 4 aromatic rings. The molecule has 0 spiro atoms. The molecule has 1 amide bonds. The summed E-state index contributed by atoms with van der Waals surface area (Å²) in [6, 6.07) is 9.59. The second-order valence-electron chi connectivity index (χ2n) is 10.1. The van der Waals surface area contributed by atoms with Gasteiger partial charge in [-0.15, -0.1) is 11.3 Å².